The van der Waals surface area contributed by atoms with Crippen LogP contribution in [0.5, 0.6) is 0 Å². The van der Waals surface area contributed by atoms with Gasteiger partial charge in [-0.15, -0.1) is 11.3 Å². The van der Waals surface area contributed by atoms with Crippen LogP contribution >= 0.6 is 11.3 Å². The average molecular weight is 375 g/mol. The molecule has 6 nitrogen and oxygen atoms in total. The molecule has 0 unspecified atom stereocenters. The van der Waals surface area contributed by atoms with Gasteiger partial charge in [0, 0.05) is 11.9 Å². The first-order chi connectivity index (χ1) is 12.3. The van der Waals surface area contributed by atoms with Gasteiger partial charge in [0.1, 0.15) is 4.88 Å². The molecule has 1 N–H and O–H groups in total. The molecule has 0 saturated carbocycles. The summed E-state index contributed by atoms with van der Waals surface area (Å²) in [6.45, 7) is 7.52. The van der Waals surface area contributed by atoms with Gasteiger partial charge in [-0.3, -0.25) is 9.48 Å². The summed E-state index contributed by atoms with van der Waals surface area (Å²) >= 11 is 1.49. The fraction of sp³-hybridized carbons (Fsp3) is 0.526. The smallest absolute Gasteiger partial charge is 0.349 e. The number of rotatable bonds is 4. The summed E-state index contributed by atoms with van der Waals surface area (Å²) in [5.41, 5.74) is 3.51. The lowest BCUT2D eigenvalue weighted by molar-refractivity contribution is -0.123. The molecule has 0 aromatic carbocycles. The number of esters is 1. The van der Waals surface area contributed by atoms with Gasteiger partial charge in [-0.25, -0.2) is 4.79 Å². The number of amides is 1. The summed E-state index contributed by atoms with van der Waals surface area (Å²) in [5.74, 6) is -0.136. The summed E-state index contributed by atoms with van der Waals surface area (Å²) in [6.07, 6.45) is 2.31. The Bertz CT molecular complexity index is 853. The minimum atomic E-state index is -0.875. The Kier molecular flexibility index (Phi) is 5.18. The monoisotopic (exact) mass is 375 g/mol. The minimum absolute atomic E-state index is 0.354. The molecule has 0 aliphatic heterocycles. The first-order valence-electron chi connectivity index (χ1n) is 8.90. The van der Waals surface area contributed by atoms with E-state index < -0.39 is 12.1 Å². The lowest BCUT2D eigenvalue weighted by Crippen LogP contribution is -2.30. The molecule has 140 valence electrons. The molecule has 2 aromatic rings. The molecule has 2 heterocycles. The number of ether oxygens (including phenoxy) is 1. The SMILES string of the molecule is Cc1nn(C)c(C)c1NC(=O)[C@@H](C)OC(=O)c1cc2c(s1)CC[C@@H](C)C2. The number of carbonyl (C=O) groups is 2. The van der Waals surface area contributed by atoms with Crippen molar-refractivity contribution in [1.82, 2.24) is 9.78 Å². The number of aromatic nitrogens is 2. The van der Waals surface area contributed by atoms with Crippen molar-refractivity contribution in [3.8, 4) is 0 Å². The van der Waals surface area contributed by atoms with Crippen molar-refractivity contribution >= 4 is 28.9 Å². The van der Waals surface area contributed by atoms with Crippen LogP contribution in [0.3, 0.4) is 0 Å². The Morgan fingerprint density at radius 2 is 2.15 bits per heavy atom. The summed E-state index contributed by atoms with van der Waals surface area (Å²) in [6, 6.07) is 1.93. The number of fused-ring (bicyclic) bond motifs is 1. The van der Waals surface area contributed by atoms with Gasteiger partial charge in [0.05, 0.1) is 17.1 Å². The minimum Gasteiger partial charge on any atom is -0.448 e. The molecule has 1 aliphatic rings. The summed E-state index contributed by atoms with van der Waals surface area (Å²) in [4.78, 5) is 26.7. The fourth-order valence-corrected chi connectivity index (χ4v) is 4.35. The zero-order valence-electron chi connectivity index (χ0n) is 15.9. The number of aryl methyl sites for hydroxylation is 3. The molecule has 0 saturated heterocycles. The zero-order valence-corrected chi connectivity index (χ0v) is 16.7. The van der Waals surface area contributed by atoms with Crippen molar-refractivity contribution in [2.75, 3.05) is 5.32 Å². The summed E-state index contributed by atoms with van der Waals surface area (Å²) < 4.78 is 7.10. The van der Waals surface area contributed by atoms with Crippen LogP contribution in [0.25, 0.3) is 0 Å². The van der Waals surface area contributed by atoms with Crippen molar-refractivity contribution < 1.29 is 14.3 Å². The molecule has 2 aromatic heterocycles. The van der Waals surface area contributed by atoms with E-state index in [0.717, 1.165) is 30.7 Å². The van der Waals surface area contributed by atoms with Crippen LogP contribution in [0, 0.1) is 19.8 Å². The molecule has 26 heavy (non-hydrogen) atoms. The van der Waals surface area contributed by atoms with Gasteiger partial charge in [0.15, 0.2) is 6.10 Å². The first-order valence-corrected chi connectivity index (χ1v) is 9.71. The lowest BCUT2D eigenvalue weighted by atomic mass is 9.90. The van der Waals surface area contributed by atoms with E-state index in [1.807, 2.05) is 27.0 Å². The molecule has 0 radical (unpaired) electrons. The molecule has 0 bridgehead atoms. The second kappa shape index (κ2) is 7.23. The molecular weight excluding hydrogens is 350 g/mol. The van der Waals surface area contributed by atoms with E-state index >= 15 is 0 Å². The summed E-state index contributed by atoms with van der Waals surface area (Å²) in [7, 11) is 1.82. The fourth-order valence-electron chi connectivity index (χ4n) is 3.26. The number of hydrogen-bond donors (Lipinski definition) is 1. The van der Waals surface area contributed by atoms with Crippen molar-refractivity contribution in [3.05, 3.63) is 32.8 Å². The highest BCUT2D eigenvalue weighted by atomic mass is 32.1. The maximum Gasteiger partial charge on any atom is 0.349 e. The third-order valence-corrected chi connectivity index (χ3v) is 6.16. The molecule has 1 aliphatic carbocycles. The lowest BCUT2D eigenvalue weighted by Gasteiger charge is -2.16. The van der Waals surface area contributed by atoms with Gasteiger partial charge in [-0.05, 0) is 57.6 Å². The van der Waals surface area contributed by atoms with Crippen LogP contribution in [0.15, 0.2) is 6.07 Å². The highest BCUT2D eigenvalue weighted by molar-refractivity contribution is 7.14. The van der Waals surface area contributed by atoms with Crippen LogP contribution < -0.4 is 5.32 Å². The summed E-state index contributed by atoms with van der Waals surface area (Å²) in [5, 5.41) is 7.09. The van der Waals surface area contributed by atoms with Crippen LogP contribution in [0.2, 0.25) is 0 Å². The van der Waals surface area contributed by atoms with E-state index in [0.29, 0.717) is 16.5 Å². The normalized spacial score (nSPS) is 17.5. The quantitative estimate of drug-likeness (QED) is 0.831. The van der Waals surface area contributed by atoms with Crippen molar-refractivity contribution in [1.29, 1.82) is 0 Å². The number of carbonyl (C=O) groups excluding carboxylic acids is 2. The van der Waals surface area contributed by atoms with Crippen LogP contribution in [0.1, 0.15) is 51.8 Å². The standard InChI is InChI=1S/C19H25N3O3S/c1-10-6-7-15-14(8-10)9-16(26-15)19(24)25-13(4)18(23)20-17-11(2)21-22(5)12(17)3/h9-10,13H,6-8H2,1-5H3,(H,20,23)/t10-,13-/m1/s1. The van der Waals surface area contributed by atoms with Crippen LogP contribution in [-0.2, 0) is 29.4 Å². The molecule has 7 heteroatoms. The molecule has 1 amide bonds. The third kappa shape index (κ3) is 3.67. The third-order valence-electron chi connectivity index (χ3n) is 4.94. The van der Waals surface area contributed by atoms with E-state index in [4.69, 9.17) is 4.74 Å². The van der Waals surface area contributed by atoms with Gasteiger partial charge >= 0.3 is 5.97 Å². The number of nitrogens with one attached hydrogen (secondary N) is 1. The largest absolute Gasteiger partial charge is 0.448 e. The maximum absolute atomic E-state index is 12.4. The van der Waals surface area contributed by atoms with Gasteiger partial charge in [-0.1, -0.05) is 6.92 Å². The van der Waals surface area contributed by atoms with E-state index in [1.54, 1.807) is 11.6 Å². The molecule has 0 fully saturated rings. The molecule has 0 spiro atoms. The second-order valence-electron chi connectivity index (χ2n) is 7.11. The molecule has 2 atom stereocenters. The van der Waals surface area contributed by atoms with Crippen molar-refractivity contribution in [3.63, 3.8) is 0 Å². The van der Waals surface area contributed by atoms with Crippen molar-refractivity contribution in [2.45, 2.75) is 53.1 Å². The molecular formula is C19H25N3O3S. The van der Waals surface area contributed by atoms with Crippen LogP contribution in [0.4, 0.5) is 5.69 Å². The first kappa shape index (κ1) is 18.6. The Hall–Kier alpha value is -2.15. The van der Waals surface area contributed by atoms with Gasteiger partial charge in [-0.2, -0.15) is 5.10 Å². The Labute approximate surface area is 157 Å². The van der Waals surface area contributed by atoms with E-state index in [1.165, 1.54) is 21.8 Å². The second-order valence-corrected chi connectivity index (χ2v) is 8.25. The van der Waals surface area contributed by atoms with E-state index in [-0.39, 0.29) is 5.91 Å². The van der Waals surface area contributed by atoms with Gasteiger partial charge in [0.25, 0.3) is 5.91 Å². The zero-order chi connectivity index (χ0) is 19.0. The van der Waals surface area contributed by atoms with Gasteiger partial charge in [0.2, 0.25) is 0 Å². The predicted molar refractivity (Wildman–Crippen MR) is 102 cm³/mol. The number of nitrogens with zero attached hydrogens (tertiary/aromatic N) is 2. The van der Waals surface area contributed by atoms with E-state index in [9.17, 15) is 9.59 Å². The Morgan fingerprint density at radius 3 is 2.81 bits per heavy atom. The number of hydrogen-bond acceptors (Lipinski definition) is 5. The Morgan fingerprint density at radius 1 is 1.42 bits per heavy atom. The van der Waals surface area contributed by atoms with Crippen molar-refractivity contribution in [2.24, 2.45) is 13.0 Å². The highest BCUT2D eigenvalue weighted by Gasteiger charge is 2.25. The van der Waals surface area contributed by atoms with E-state index in [2.05, 4.69) is 17.3 Å². The predicted octanol–water partition coefficient (Wildman–Crippen LogP) is 3.41. The molecule has 3 rings (SSSR count). The van der Waals surface area contributed by atoms with Crippen LogP contribution in [-0.4, -0.2) is 27.8 Å². The number of thiophene rings is 1. The number of anilines is 1. The van der Waals surface area contributed by atoms with Gasteiger partial charge < -0.3 is 10.1 Å². The topological polar surface area (TPSA) is 73.2 Å². The average Bonchev–Trinajstić information content (AvgIpc) is 3.10. The maximum atomic E-state index is 12.4. The Balaban J connectivity index is 1.64. The highest BCUT2D eigenvalue weighted by Crippen LogP contribution is 2.32.